The molecule has 2 fully saturated rings. The van der Waals surface area contributed by atoms with E-state index in [-0.39, 0.29) is 0 Å². The van der Waals surface area contributed by atoms with Crippen LogP contribution in [-0.4, -0.2) is 11.1 Å². The fourth-order valence-electron chi connectivity index (χ4n) is 10.4. The highest BCUT2D eigenvalue weighted by Gasteiger charge is 2.54. The van der Waals surface area contributed by atoms with Crippen molar-refractivity contribution < 1.29 is 9.90 Å². The second-order valence-electron chi connectivity index (χ2n) is 17.5. The first-order chi connectivity index (χ1) is 22.6. The fourth-order valence-corrected chi connectivity index (χ4v) is 10.4. The molecule has 6 atom stereocenters. The Hall–Kier alpha value is -1.57. The van der Waals surface area contributed by atoms with Crippen molar-refractivity contribution in [1.82, 2.24) is 0 Å². The Morgan fingerprint density at radius 2 is 1.49 bits per heavy atom. The smallest absolute Gasteiger partial charge is 0.303 e. The van der Waals surface area contributed by atoms with Gasteiger partial charge in [-0.1, -0.05) is 148 Å². The highest BCUT2D eigenvalue weighted by atomic mass is 16.4. The fraction of sp³-hybridized carbons (Fsp3) is 0.800. The molecule has 2 nitrogen and oxygen atoms in total. The number of aliphatic carboxylic acids is 1. The molecular formula is C45H74O2. The maximum Gasteiger partial charge on any atom is 0.303 e. The zero-order valence-electron chi connectivity index (χ0n) is 31.6. The van der Waals surface area contributed by atoms with Crippen LogP contribution >= 0.6 is 0 Å². The minimum atomic E-state index is -0.660. The number of carboxylic acids is 1. The van der Waals surface area contributed by atoms with Crippen LogP contribution in [-0.2, 0) is 4.79 Å². The van der Waals surface area contributed by atoms with Gasteiger partial charge in [0.2, 0.25) is 0 Å². The van der Waals surface area contributed by atoms with Crippen LogP contribution in [0.3, 0.4) is 0 Å². The summed E-state index contributed by atoms with van der Waals surface area (Å²) in [6.45, 7) is 12.6. The van der Waals surface area contributed by atoms with Crippen molar-refractivity contribution in [3.8, 4) is 0 Å². The number of rotatable bonds is 22. The van der Waals surface area contributed by atoms with Crippen LogP contribution in [0, 0.1) is 40.4 Å². The number of allylic oxidation sites excluding steroid dienone is 8. The van der Waals surface area contributed by atoms with Gasteiger partial charge in [0.1, 0.15) is 0 Å². The van der Waals surface area contributed by atoms with Crippen LogP contribution in [0.5, 0.6) is 0 Å². The van der Waals surface area contributed by atoms with Gasteiger partial charge in [-0.05, 0) is 117 Å². The normalized spacial score (nSPS) is 29.2. The molecule has 0 aromatic heterocycles. The Kier molecular flexibility index (Phi) is 15.4. The molecule has 47 heavy (non-hydrogen) atoms. The van der Waals surface area contributed by atoms with Crippen molar-refractivity contribution in [2.24, 2.45) is 40.4 Å². The summed E-state index contributed by atoms with van der Waals surface area (Å²) in [5.74, 6) is 3.61. The number of carbonyl (C=O) groups is 1. The van der Waals surface area contributed by atoms with Crippen molar-refractivity contribution in [2.45, 2.75) is 189 Å². The summed E-state index contributed by atoms with van der Waals surface area (Å²) in [6, 6.07) is 0. The average molecular weight is 647 g/mol. The molecule has 0 amide bonds. The predicted octanol–water partition coefficient (Wildman–Crippen LogP) is 14.0. The molecule has 0 spiro atoms. The molecule has 0 saturated heterocycles. The standard InChI is InChI=1S/C45H74O2/c1-35(2)22-21-23-36(3)40-28-29-41-39-27-26-38-34-37(30-32-44(38,4)42(39)31-33-45(40,41)5)24-19-17-15-13-11-9-7-6-8-10-12-14-16-18-20-25-43(46)47/h6,8,26-27,31,35-37,40-41H,7,9-25,28-30,32-34H2,1-5H3,(H,46,47)/b8-6-/t36-,37+,40-,41?,44+,45-/m1/s1. The van der Waals surface area contributed by atoms with E-state index in [9.17, 15) is 4.79 Å². The predicted molar refractivity (Wildman–Crippen MR) is 203 cm³/mol. The van der Waals surface area contributed by atoms with Crippen molar-refractivity contribution in [3.05, 3.63) is 47.1 Å². The lowest BCUT2D eigenvalue weighted by Crippen LogP contribution is -2.40. The molecule has 2 heteroatoms. The number of hydrogen-bond acceptors (Lipinski definition) is 1. The quantitative estimate of drug-likeness (QED) is 0.0938. The van der Waals surface area contributed by atoms with E-state index in [1.54, 1.807) is 16.7 Å². The van der Waals surface area contributed by atoms with Gasteiger partial charge in [-0.15, -0.1) is 0 Å². The van der Waals surface area contributed by atoms with Gasteiger partial charge in [-0.3, -0.25) is 4.79 Å². The Morgan fingerprint density at radius 3 is 2.17 bits per heavy atom. The minimum Gasteiger partial charge on any atom is -0.481 e. The van der Waals surface area contributed by atoms with E-state index < -0.39 is 5.97 Å². The largest absolute Gasteiger partial charge is 0.481 e. The van der Waals surface area contributed by atoms with E-state index in [1.807, 2.05) is 0 Å². The highest BCUT2D eigenvalue weighted by molar-refractivity contribution is 5.66. The molecule has 4 aliphatic rings. The minimum absolute atomic E-state index is 0.306. The third-order valence-corrected chi connectivity index (χ3v) is 13.5. The first kappa shape index (κ1) is 38.2. The number of hydrogen-bond donors (Lipinski definition) is 1. The molecule has 2 saturated carbocycles. The first-order valence-corrected chi connectivity index (χ1v) is 20.6. The third-order valence-electron chi connectivity index (χ3n) is 13.5. The monoisotopic (exact) mass is 647 g/mol. The Morgan fingerprint density at radius 1 is 0.830 bits per heavy atom. The molecule has 0 bridgehead atoms. The van der Waals surface area contributed by atoms with E-state index >= 15 is 0 Å². The van der Waals surface area contributed by atoms with Crippen LogP contribution in [0.2, 0.25) is 0 Å². The number of fused-ring (bicyclic) bond motifs is 5. The van der Waals surface area contributed by atoms with Crippen LogP contribution in [0.4, 0.5) is 0 Å². The summed E-state index contributed by atoms with van der Waals surface area (Å²) in [4.78, 5) is 10.5. The summed E-state index contributed by atoms with van der Waals surface area (Å²) >= 11 is 0. The molecule has 0 aromatic rings. The van der Waals surface area contributed by atoms with Gasteiger partial charge in [0.25, 0.3) is 0 Å². The SMILES string of the molecule is CC(C)CCC[C@@H](C)[C@H]1CCC2C3=CC=C4C[C@@H](CCCCCCCC/C=C\CCCCCCCC(=O)O)CC[C@]4(C)C3=CC[C@@]21C. The summed E-state index contributed by atoms with van der Waals surface area (Å²) in [7, 11) is 0. The number of unbranched alkanes of at least 4 members (excludes halogenated alkanes) is 11. The topological polar surface area (TPSA) is 37.3 Å². The van der Waals surface area contributed by atoms with Crippen molar-refractivity contribution in [3.63, 3.8) is 0 Å². The summed E-state index contributed by atoms with van der Waals surface area (Å²) in [5, 5.41) is 8.69. The number of carboxylic acid groups (broad SMARTS) is 1. The van der Waals surface area contributed by atoms with E-state index in [1.165, 1.54) is 135 Å². The Labute approximate surface area is 291 Å². The molecule has 0 aromatic carbocycles. The summed E-state index contributed by atoms with van der Waals surface area (Å²) in [5.41, 5.74) is 6.03. The molecule has 0 radical (unpaired) electrons. The Balaban J connectivity index is 1.10. The van der Waals surface area contributed by atoms with Gasteiger partial charge in [-0.2, -0.15) is 0 Å². The van der Waals surface area contributed by atoms with Crippen LogP contribution in [0.1, 0.15) is 189 Å². The molecule has 4 aliphatic carbocycles. The van der Waals surface area contributed by atoms with Crippen molar-refractivity contribution in [2.75, 3.05) is 0 Å². The molecule has 266 valence electrons. The zero-order valence-corrected chi connectivity index (χ0v) is 31.6. The highest BCUT2D eigenvalue weighted by Crippen LogP contribution is 2.64. The molecule has 4 rings (SSSR count). The lowest BCUT2D eigenvalue weighted by molar-refractivity contribution is -0.137. The van der Waals surface area contributed by atoms with E-state index in [0.717, 1.165) is 42.4 Å². The van der Waals surface area contributed by atoms with Gasteiger partial charge in [0.05, 0.1) is 0 Å². The zero-order chi connectivity index (χ0) is 33.7. The van der Waals surface area contributed by atoms with Crippen molar-refractivity contribution in [1.29, 1.82) is 0 Å². The lowest BCUT2D eigenvalue weighted by Gasteiger charge is -2.51. The molecule has 0 heterocycles. The van der Waals surface area contributed by atoms with Crippen LogP contribution in [0.25, 0.3) is 0 Å². The first-order valence-electron chi connectivity index (χ1n) is 20.6. The third kappa shape index (κ3) is 10.7. The van der Waals surface area contributed by atoms with Gasteiger partial charge < -0.3 is 5.11 Å². The average Bonchev–Trinajstić information content (AvgIpc) is 3.39. The van der Waals surface area contributed by atoms with Crippen LogP contribution < -0.4 is 0 Å². The van der Waals surface area contributed by atoms with E-state index in [2.05, 4.69) is 65.0 Å². The second-order valence-corrected chi connectivity index (χ2v) is 17.5. The maximum absolute atomic E-state index is 10.5. The van der Waals surface area contributed by atoms with Gasteiger partial charge in [-0.25, -0.2) is 0 Å². The molecule has 0 aliphatic heterocycles. The van der Waals surface area contributed by atoms with E-state index in [4.69, 9.17) is 5.11 Å². The van der Waals surface area contributed by atoms with Gasteiger partial charge >= 0.3 is 5.97 Å². The lowest BCUT2D eigenvalue weighted by atomic mass is 9.53. The van der Waals surface area contributed by atoms with Gasteiger partial charge in [0, 0.05) is 11.8 Å². The second kappa shape index (κ2) is 19.0. The molecular weight excluding hydrogens is 572 g/mol. The van der Waals surface area contributed by atoms with Crippen LogP contribution in [0.15, 0.2) is 47.1 Å². The summed E-state index contributed by atoms with van der Waals surface area (Å²) in [6.07, 6.45) is 43.3. The molecule has 1 N–H and O–H groups in total. The van der Waals surface area contributed by atoms with E-state index in [0.29, 0.717) is 17.3 Å². The summed E-state index contributed by atoms with van der Waals surface area (Å²) < 4.78 is 0. The maximum atomic E-state index is 10.5. The van der Waals surface area contributed by atoms with Gasteiger partial charge in [0.15, 0.2) is 0 Å². The molecule has 1 unspecified atom stereocenters. The van der Waals surface area contributed by atoms with Crippen molar-refractivity contribution >= 4 is 5.97 Å². The Bertz CT molecular complexity index is 1090.